The molecule has 10 nitrogen and oxygen atoms in total. The van der Waals surface area contributed by atoms with Gasteiger partial charge in [0.25, 0.3) is 0 Å². The van der Waals surface area contributed by atoms with Crippen LogP contribution in [0.15, 0.2) is 91.5 Å². The molecule has 3 heterocycles. The minimum atomic E-state index is -1.02. The van der Waals surface area contributed by atoms with Crippen molar-refractivity contribution in [3.63, 3.8) is 0 Å². The zero-order valence-electron chi connectivity index (χ0n) is 22.8. The maximum atomic E-state index is 11.1. The summed E-state index contributed by atoms with van der Waals surface area (Å²) in [6.07, 6.45) is 1.45. The van der Waals surface area contributed by atoms with Gasteiger partial charge in [0.1, 0.15) is 41.3 Å². The van der Waals surface area contributed by atoms with Crippen LogP contribution in [0.25, 0.3) is 11.2 Å². The SMILES string of the molecule is COc1ccc(C(OC[C@@H]2O[C@H](n3cnc4c(N)ncnc43)C[C@@H]2O)(c2ccccc2)c2ccc(OC)cc2)cc1. The lowest BCUT2D eigenvalue weighted by molar-refractivity contribution is -0.0931. The van der Waals surface area contributed by atoms with Gasteiger partial charge in [-0.3, -0.25) is 4.57 Å². The number of benzene rings is 3. The molecule has 5 aromatic rings. The number of hydrogen-bond donors (Lipinski definition) is 2. The van der Waals surface area contributed by atoms with E-state index in [4.69, 9.17) is 24.7 Å². The second kappa shape index (κ2) is 11.2. The Kier molecular flexibility index (Phi) is 7.27. The lowest BCUT2D eigenvalue weighted by Gasteiger charge is -2.37. The van der Waals surface area contributed by atoms with Gasteiger partial charge in [0.2, 0.25) is 0 Å². The molecule has 3 N–H and O–H groups in total. The Labute approximate surface area is 237 Å². The van der Waals surface area contributed by atoms with Crippen LogP contribution in [0.4, 0.5) is 5.82 Å². The lowest BCUT2D eigenvalue weighted by Crippen LogP contribution is -2.38. The summed E-state index contributed by atoms with van der Waals surface area (Å²) in [4.78, 5) is 12.7. The molecule has 0 unspecified atom stereocenters. The van der Waals surface area contributed by atoms with E-state index in [1.165, 1.54) is 6.33 Å². The van der Waals surface area contributed by atoms with E-state index >= 15 is 0 Å². The Morgan fingerprint density at radius 3 is 2.10 bits per heavy atom. The summed E-state index contributed by atoms with van der Waals surface area (Å²) in [5, 5.41) is 11.1. The van der Waals surface area contributed by atoms with Gasteiger partial charge in [0, 0.05) is 6.42 Å². The largest absolute Gasteiger partial charge is 0.497 e. The molecule has 2 aromatic heterocycles. The number of rotatable bonds is 9. The van der Waals surface area contributed by atoms with Crippen molar-refractivity contribution in [2.75, 3.05) is 26.6 Å². The molecular formula is C31H31N5O5. The predicted molar refractivity (Wildman–Crippen MR) is 153 cm³/mol. The average molecular weight is 554 g/mol. The normalized spacial score (nSPS) is 19.0. The summed E-state index contributed by atoms with van der Waals surface area (Å²) in [5.74, 6) is 1.76. The van der Waals surface area contributed by atoms with E-state index in [-0.39, 0.29) is 6.61 Å². The highest BCUT2D eigenvalue weighted by Crippen LogP contribution is 2.43. The highest BCUT2D eigenvalue weighted by molar-refractivity contribution is 5.81. The number of nitrogens with two attached hydrogens (primary N) is 1. The minimum absolute atomic E-state index is 0.106. The van der Waals surface area contributed by atoms with Crippen LogP contribution in [0.3, 0.4) is 0 Å². The Hall–Kier alpha value is -4.51. The molecular weight excluding hydrogens is 522 g/mol. The Morgan fingerprint density at radius 2 is 1.49 bits per heavy atom. The Balaban J connectivity index is 1.37. The monoisotopic (exact) mass is 553 g/mol. The van der Waals surface area contributed by atoms with Gasteiger partial charge in [0.05, 0.1) is 33.3 Å². The van der Waals surface area contributed by atoms with E-state index in [2.05, 4.69) is 15.0 Å². The van der Waals surface area contributed by atoms with Crippen molar-refractivity contribution in [2.24, 2.45) is 0 Å². The fraction of sp³-hybridized carbons (Fsp3) is 0.258. The minimum Gasteiger partial charge on any atom is -0.497 e. The van der Waals surface area contributed by atoms with E-state index in [0.717, 1.165) is 28.2 Å². The highest BCUT2D eigenvalue weighted by Gasteiger charge is 2.42. The number of aliphatic hydroxyl groups is 1. The summed E-state index contributed by atoms with van der Waals surface area (Å²) >= 11 is 0. The van der Waals surface area contributed by atoms with E-state index in [0.29, 0.717) is 23.4 Å². The molecule has 0 spiro atoms. The van der Waals surface area contributed by atoms with Crippen LogP contribution in [0.1, 0.15) is 29.3 Å². The van der Waals surface area contributed by atoms with Crippen molar-refractivity contribution in [3.05, 3.63) is 108 Å². The topological polar surface area (TPSA) is 127 Å². The molecule has 6 rings (SSSR count). The molecule has 1 saturated heterocycles. The van der Waals surface area contributed by atoms with Crippen LogP contribution in [0.5, 0.6) is 11.5 Å². The Morgan fingerprint density at radius 1 is 0.878 bits per heavy atom. The van der Waals surface area contributed by atoms with Gasteiger partial charge in [-0.1, -0.05) is 54.6 Å². The second-order valence-electron chi connectivity index (χ2n) is 9.83. The fourth-order valence-corrected chi connectivity index (χ4v) is 5.40. The third-order valence-corrected chi connectivity index (χ3v) is 7.54. The number of aromatic nitrogens is 4. The number of nitrogen functional groups attached to an aromatic ring is 1. The smallest absolute Gasteiger partial charge is 0.167 e. The maximum absolute atomic E-state index is 11.1. The van der Waals surface area contributed by atoms with Gasteiger partial charge in [0.15, 0.2) is 11.5 Å². The second-order valence-corrected chi connectivity index (χ2v) is 9.83. The van der Waals surface area contributed by atoms with Crippen molar-refractivity contribution in [3.8, 4) is 11.5 Å². The first kappa shape index (κ1) is 26.7. The van der Waals surface area contributed by atoms with Crippen LogP contribution in [0.2, 0.25) is 0 Å². The van der Waals surface area contributed by atoms with Gasteiger partial charge >= 0.3 is 0 Å². The number of aliphatic hydroxyl groups excluding tert-OH is 1. The quantitative estimate of drug-likeness (QED) is 0.260. The third kappa shape index (κ3) is 4.86. The van der Waals surface area contributed by atoms with Crippen molar-refractivity contribution >= 4 is 17.0 Å². The van der Waals surface area contributed by atoms with Crippen molar-refractivity contribution in [1.82, 2.24) is 19.5 Å². The number of fused-ring (bicyclic) bond motifs is 1. The molecule has 0 saturated carbocycles. The summed E-state index contributed by atoms with van der Waals surface area (Å²) in [6.45, 7) is 0.106. The molecule has 10 heteroatoms. The van der Waals surface area contributed by atoms with Crippen LogP contribution in [-0.2, 0) is 15.1 Å². The first-order valence-electron chi connectivity index (χ1n) is 13.3. The van der Waals surface area contributed by atoms with Crippen LogP contribution >= 0.6 is 0 Å². The van der Waals surface area contributed by atoms with Crippen LogP contribution in [-0.4, -0.2) is 57.7 Å². The summed E-state index contributed by atoms with van der Waals surface area (Å²) in [5.41, 5.74) is 8.70. The third-order valence-electron chi connectivity index (χ3n) is 7.54. The standard InChI is InChI=1S/C31H31N5O5/c1-38-23-12-8-21(9-13-23)31(20-6-4-3-5-7-20,22-10-14-24(39-2)15-11-22)40-17-26-25(37)16-27(41-26)36-19-35-28-29(32)33-18-34-30(28)36/h3-15,18-19,25-27,37H,16-17H2,1-2H3,(H2,32,33,34)/t25-,26-,27-/m0/s1. The molecule has 3 aromatic carbocycles. The lowest BCUT2D eigenvalue weighted by atomic mass is 9.80. The Bertz CT molecular complexity index is 1560. The zero-order chi connectivity index (χ0) is 28.4. The summed E-state index contributed by atoms with van der Waals surface area (Å²) in [6, 6.07) is 25.6. The number of nitrogens with zero attached hydrogens (tertiary/aromatic N) is 4. The van der Waals surface area contributed by atoms with Crippen molar-refractivity contribution in [2.45, 2.75) is 30.5 Å². The summed E-state index contributed by atoms with van der Waals surface area (Å²) in [7, 11) is 3.27. The highest BCUT2D eigenvalue weighted by atomic mass is 16.6. The number of imidazole rings is 1. The van der Waals surface area contributed by atoms with Crippen LogP contribution in [0, 0.1) is 0 Å². The van der Waals surface area contributed by atoms with Crippen molar-refractivity contribution in [1.29, 1.82) is 0 Å². The molecule has 1 fully saturated rings. The summed E-state index contributed by atoms with van der Waals surface area (Å²) < 4.78 is 25.9. The van der Waals surface area contributed by atoms with Gasteiger partial charge in [-0.15, -0.1) is 0 Å². The number of hydrogen-bond acceptors (Lipinski definition) is 9. The molecule has 210 valence electrons. The maximum Gasteiger partial charge on any atom is 0.167 e. The zero-order valence-corrected chi connectivity index (χ0v) is 22.8. The average Bonchev–Trinajstić information content (AvgIpc) is 3.62. The molecule has 41 heavy (non-hydrogen) atoms. The van der Waals surface area contributed by atoms with Gasteiger partial charge < -0.3 is 29.8 Å². The van der Waals surface area contributed by atoms with E-state index in [1.54, 1.807) is 25.1 Å². The molecule has 1 aliphatic heterocycles. The molecule has 1 aliphatic rings. The number of anilines is 1. The fourth-order valence-electron chi connectivity index (χ4n) is 5.40. The molecule has 0 bridgehead atoms. The molecule has 0 aliphatic carbocycles. The molecule has 0 radical (unpaired) electrons. The predicted octanol–water partition coefficient (Wildman–Crippen LogP) is 4.08. The van der Waals surface area contributed by atoms with Crippen LogP contribution < -0.4 is 15.2 Å². The van der Waals surface area contributed by atoms with Gasteiger partial charge in [-0.25, -0.2) is 15.0 Å². The van der Waals surface area contributed by atoms with Gasteiger partial charge in [-0.2, -0.15) is 0 Å². The molecule has 0 amide bonds. The number of methoxy groups -OCH3 is 2. The van der Waals surface area contributed by atoms with E-state index in [9.17, 15) is 5.11 Å². The first-order chi connectivity index (χ1) is 20.0. The number of ether oxygens (including phenoxy) is 4. The van der Waals surface area contributed by atoms with Gasteiger partial charge in [-0.05, 0) is 41.0 Å². The van der Waals surface area contributed by atoms with Crippen molar-refractivity contribution < 1.29 is 24.1 Å². The van der Waals surface area contributed by atoms with E-state index in [1.807, 2.05) is 78.9 Å². The first-order valence-corrected chi connectivity index (χ1v) is 13.3. The molecule has 3 atom stereocenters. The van der Waals surface area contributed by atoms with E-state index < -0.39 is 24.0 Å².